The van der Waals surface area contributed by atoms with Gasteiger partial charge in [0.1, 0.15) is 0 Å². The molecule has 0 radical (unpaired) electrons. The predicted molar refractivity (Wildman–Crippen MR) is 102 cm³/mol. The highest BCUT2D eigenvalue weighted by molar-refractivity contribution is 5.93. The predicted octanol–water partition coefficient (Wildman–Crippen LogP) is 5.26. The highest BCUT2D eigenvalue weighted by Crippen LogP contribution is 2.33. The van der Waals surface area contributed by atoms with E-state index in [9.17, 15) is 4.79 Å². The molecular weight excluding hydrogens is 324 g/mol. The third-order valence-electron chi connectivity index (χ3n) is 5.95. The monoisotopic (exact) mass is 352 g/mol. The Kier molecular flexibility index (Phi) is 5.09. The number of hydrogen-bond acceptors (Lipinski definition) is 3. The van der Waals surface area contributed by atoms with Gasteiger partial charge >= 0.3 is 0 Å². The van der Waals surface area contributed by atoms with Gasteiger partial charge in [0, 0.05) is 24.7 Å². The molecule has 0 bridgehead atoms. The second-order valence-corrected chi connectivity index (χ2v) is 8.03. The number of piperidine rings is 1. The second kappa shape index (κ2) is 7.65. The minimum absolute atomic E-state index is 0.00891. The number of benzene rings is 1. The molecule has 0 N–H and O–H groups in total. The van der Waals surface area contributed by atoms with Gasteiger partial charge in [0.2, 0.25) is 0 Å². The van der Waals surface area contributed by atoms with Gasteiger partial charge in [-0.1, -0.05) is 55.6 Å². The summed E-state index contributed by atoms with van der Waals surface area (Å²) in [5.41, 5.74) is 2.83. The summed E-state index contributed by atoms with van der Waals surface area (Å²) in [6.45, 7) is 3.83. The number of carbonyl (C=O) groups excluding carboxylic acids is 1. The fourth-order valence-corrected chi connectivity index (χ4v) is 4.40. The Hall–Kier alpha value is -2.10. The first-order valence-electron chi connectivity index (χ1n) is 10.1. The maximum absolute atomic E-state index is 12.7. The molecule has 2 heterocycles. The van der Waals surface area contributed by atoms with Crippen LogP contribution < -0.4 is 0 Å². The van der Waals surface area contributed by atoms with Gasteiger partial charge in [-0.15, -0.1) is 0 Å². The zero-order valence-electron chi connectivity index (χ0n) is 15.6. The Labute approximate surface area is 155 Å². The number of likely N-dealkylation sites (tertiary alicyclic amines) is 1. The highest BCUT2D eigenvalue weighted by atomic mass is 16.5. The molecule has 1 saturated carbocycles. The van der Waals surface area contributed by atoms with E-state index in [2.05, 4.69) is 36.3 Å². The molecule has 0 spiro atoms. The van der Waals surface area contributed by atoms with Crippen LogP contribution in [0.4, 0.5) is 0 Å². The fourth-order valence-electron chi connectivity index (χ4n) is 4.40. The summed E-state index contributed by atoms with van der Waals surface area (Å²) in [4.78, 5) is 14.6. The summed E-state index contributed by atoms with van der Waals surface area (Å²) in [5.74, 6) is 1.93. The molecule has 2 aliphatic rings. The van der Waals surface area contributed by atoms with Crippen molar-refractivity contribution >= 4 is 5.91 Å². The molecule has 4 nitrogen and oxygen atoms in total. The SMILES string of the molecule is CC1CCCN(C(=O)c2cc(-c3ccc(C4CCCCC4)cc3)on2)C1. The molecule has 2 fully saturated rings. The van der Waals surface area contributed by atoms with Crippen LogP contribution in [0.25, 0.3) is 11.3 Å². The third kappa shape index (κ3) is 3.69. The van der Waals surface area contributed by atoms with Crippen molar-refractivity contribution in [3.63, 3.8) is 0 Å². The van der Waals surface area contributed by atoms with E-state index in [0.717, 1.165) is 25.1 Å². The summed E-state index contributed by atoms with van der Waals surface area (Å²) in [5, 5.41) is 4.04. The number of amides is 1. The van der Waals surface area contributed by atoms with Crippen molar-refractivity contribution < 1.29 is 9.32 Å². The van der Waals surface area contributed by atoms with Crippen molar-refractivity contribution in [3.05, 3.63) is 41.6 Å². The lowest BCUT2D eigenvalue weighted by atomic mass is 9.84. The van der Waals surface area contributed by atoms with Crippen molar-refractivity contribution in [2.45, 2.75) is 57.8 Å². The summed E-state index contributed by atoms with van der Waals surface area (Å²) in [7, 11) is 0. The van der Waals surface area contributed by atoms with Gasteiger partial charge < -0.3 is 9.42 Å². The molecule has 1 aliphatic carbocycles. The minimum Gasteiger partial charge on any atom is -0.355 e. The van der Waals surface area contributed by atoms with Crippen molar-refractivity contribution in [2.75, 3.05) is 13.1 Å². The first-order valence-corrected chi connectivity index (χ1v) is 10.1. The zero-order valence-corrected chi connectivity index (χ0v) is 15.6. The smallest absolute Gasteiger partial charge is 0.276 e. The van der Waals surface area contributed by atoms with E-state index < -0.39 is 0 Å². The van der Waals surface area contributed by atoms with E-state index in [1.165, 1.54) is 44.1 Å². The summed E-state index contributed by atoms with van der Waals surface area (Å²) < 4.78 is 5.48. The number of nitrogens with zero attached hydrogens (tertiary/aromatic N) is 2. The fraction of sp³-hybridized carbons (Fsp3) is 0.545. The molecule has 138 valence electrons. The zero-order chi connectivity index (χ0) is 17.9. The average molecular weight is 352 g/mol. The van der Waals surface area contributed by atoms with E-state index in [1.54, 1.807) is 6.07 Å². The van der Waals surface area contributed by atoms with Crippen LogP contribution in [0.3, 0.4) is 0 Å². The Morgan fingerprint density at radius 1 is 1.08 bits per heavy atom. The lowest BCUT2D eigenvalue weighted by Crippen LogP contribution is -2.39. The standard InChI is InChI=1S/C22H28N2O2/c1-16-6-5-13-24(15-16)22(25)20-14-21(26-23-20)19-11-9-18(10-12-19)17-7-3-2-4-8-17/h9-12,14,16-17H,2-8,13,15H2,1H3. The molecule has 1 aromatic carbocycles. The summed E-state index contributed by atoms with van der Waals surface area (Å²) in [6.07, 6.45) is 8.92. The van der Waals surface area contributed by atoms with Crippen molar-refractivity contribution in [3.8, 4) is 11.3 Å². The quantitative estimate of drug-likeness (QED) is 0.757. The highest BCUT2D eigenvalue weighted by Gasteiger charge is 2.25. The average Bonchev–Trinajstić information content (AvgIpc) is 3.18. The minimum atomic E-state index is -0.00891. The van der Waals surface area contributed by atoms with Gasteiger partial charge in [-0.05, 0) is 43.1 Å². The molecule has 2 aromatic rings. The van der Waals surface area contributed by atoms with Crippen LogP contribution in [0.1, 0.15) is 73.8 Å². The van der Waals surface area contributed by atoms with E-state index in [-0.39, 0.29) is 5.91 Å². The van der Waals surface area contributed by atoms with Crippen LogP contribution in [-0.4, -0.2) is 29.1 Å². The molecule has 26 heavy (non-hydrogen) atoms. The normalized spacial score (nSPS) is 21.7. The Bertz CT molecular complexity index is 744. The molecule has 1 saturated heterocycles. The largest absolute Gasteiger partial charge is 0.355 e. The first-order chi connectivity index (χ1) is 12.7. The molecule has 1 aliphatic heterocycles. The van der Waals surface area contributed by atoms with Crippen LogP contribution in [0.5, 0.6) is 0 Å². The first kappa shape index (κ1) is 17.3. The molecule has 1 aromatic heterocycles. The number of aromatic nitrogens is 1. The van der Waals surface area contributed by atoms with Crippen molar-refractivity contribution in [2.24, 2.45) is 5.92 Å². The van der Waals surface area contributed by atoms with Crippen LogP contribution >= 0.6 is 0 Å². The van der Waals surface area contributed by atoms with Gasteiger partial charge in [-0.2, -0.15) is 0 Å². The third-order valence-corrected chi connectivity index (χ3v) is 5.95. The lowest BCUT2D eigenvalue weighted by molar-refractivity contribution is 0.0672. The lowest BCUT2D eigenvalue weighted by Gasteiger charge is -2.30. The van der Waals surface area contributed by atoms with Crippen molar-refractivity contribution in [1.82, 2.24) is 10.1 Å². The van der Waals surface area contributed by atoms with Gasteiger partial charge in [0.15, 0.2) is 11.5 Å². The van der Waals surface area contributed by atoms with E-state index >= 15 is 0 Å². The summed E-state index contributed by atoms with van der Waals surface area (Å²) >= 11 is 0. The second-order valence-electron chi connectivity index (χ2n) is 8.03. The maximum atomic E-state index is 12.7. The van der Waals surface area contributed by atoms with Crippen LogP contribution in [0.2, 0.25) is 0 Å². The van der Waals surface area contributed by atoms with Crippen LogP contribution in [0.15, 0.2) is 34.9 Å². The summed E-state index contributed by atoms with van der Waals surface area (Å²) in [6, 6.07) is 10.4. The Balaban J connectivity index is 1.46. The van der Waals surface area contributed by atoms with Gasteiger partial charge in [0.05, 0.1) is 0 Å². The molecule has 1 amide bonds. The molecule has 4 heteroatoms. The number of hydrogen-bond donors (Lipinski definition) is 0. The molecule has 4 rings (SSSR count). The molecular formula is C22H28N2O2. The van der Waals surface area contributed by atoms with Crippen LogP contribution in [-0.2, 0) is 0 Å². The van der Waals surface area contributed by atoms with Gasteiger partial charge in [-0.3, -0.25) is 4.79 Å². The number of rotatable bonds is 3. The van der Waals surface area contributed by atoms with E-state index in [4.69, 9.17) is 4.52 Å². The van der Waals surface area contributed by atoms with Gasteiger partial charge in [-0.25, -0.2) is 0 Å². The van der Waals surface area contributed by atoms with Crippen molar-refractivity contribution in [1.29, 1.82) is 0 Å². The van der Waals surface area contributed by atoms with E-state index in [0.29, 0.717) is 23.3 Å². The Morgan fingerprint density at radius 3 is 2.58 bits per heavy atom. The van der Waals surface area contributed by atoms with E-state index in [1.807, 2.05) is 4.90 Å². The van der Waals surface area contributed by atoms with Crippen LogP contribution in [0, 0.1) is 5.92 Å². The number of carbonyl (C=O) groups is 1. The molecule has 1 unspecified atom stereocenters. The molecule has 1 atom stereocenters. The Morgan fingerprint density at radius 2 is 1.85 bits per heavy atom. The maximum Gasteiger partial charge on any atom is 0.276 e. The van der Waals surface area contributed by atoms with Gasteiger partial charge in [0.25, 0.3) is 5.91 Å². The topological polar surface area (TPSA) is 46.3 Å².